The van der Waals surface area contributed by atoms with Crippen LogP contribution in [0.1, 0.15) is 16.3 Å². The summed E-state index contributed by atoms with van der Waals surface area (Å²) in [5.74, 6) is 0.547. The molecule has 0 fully saturated rings. The molecule has 0 spiro atoms. The molecule has 84 valence electrons. The zero-order valence-corrected chi connectivity index (χ0v) is 9.93. The molecular weight excluding hydrogens is 224 g/mol. The molecule has 2 aromatic rings. The second kappa shape index (κ2) is 4.49. The lowest BCUT2D eigenvalue weighted by Crippen LogP contribution is -2.13. The number of furan rings is 1. The first-order valence-corrected chi connectivity index (χ1v) is 5.73. The minimum atomic E-state index is -0.108. The number of rotatable bonds is 3. The average Bonchev–Trinajstić information content (AvgIpc) is 2.78. The van der Waals surface area contributed by atoms with E-state index in [2.05, 4.69) is 10.3 Å². The molecule has 0 radical (unpaired) electrons. The Balaban J connectivity index is 1.97. The van der Waals surface area contributed by atoms with E-state index in [4.69, 9.17) is 4.42 Å². The standard InChI is InChI=1S/C11H12N2O2S/c1-7-8(2)16-11(12-7)13-10(14)6-9-4-3-5-15-9/h3-5H,6H2,1-2H3,(H,12,13,14). The van der Waals surface area contributed by atoms with Gasteiger partial charge >= 0.3 is 0 Å². The number of hydrogen-bond acceptors (Lipinski definition) is 4. The maximum Gasteiger partial charge on any atom is 0.233 e. The molecular formula is C11H12N2O2S. The van der Waals surface area contributed by atoms with Gasteiger partial charge in [0.1, 0.15) is 5.76 Å². The normalized spacial score (nSPS) is 10.4. The maximum atomic E-state index is 11.6. The van der Waals surface area contributed by atoms with E-state index in [-0.39, 0.29) is 12.3 Å². The number of carbonyl (C=O) groups excluding carboxylic acids is 1. The van der Waals surface area contributed by atoms with Crippen LogP contribution in [0.4, 0.5) is 5.13 Å². The minimum absolute atomic E-state index is 0.108. The van der Waals surface area contributed by atoms with E-state index in [1.165, 1.54) is 11.3 Å². The minimum Gasteiger partial charge on any atom is -0.469 e. The van der Waals surface area contributed by atoms with Gasteiger partial charge in [0, 0.05) is 4.88 Å². The van der Waals surface area contributed by atoms with Gasteiger partial charge in [0.25, 0.3) is 0 Å². The predicted molar refractivity (Wildman–Crippen MR) is 62.6 cm³/mol. The highest BCUT2D eigenvalue weighted by atomic mass is 32.1. The lowest BCUT2D eigenvalue weighted by molar-refractivity contribution is -0.115. The number of aromatic nitrogens is 1. The van der Waals surface area contributed by atoms with Crippen LogP contribution in [0.2, 0.25) is 0 Å². The molecule has 16 heavy (non-hydrogen) atoms. The van der Waals surface area contributed by atoms with Gasteiger partial charge in [-0.05, 0) is 26.0 Å². The highest BCUT2D eigenvalue weighted by Crippen LogP contribution is 2.21. The van der Waals surface area contributed by atoms with Crippen molar-refractivity contribution < 1.29 is 9.21 Å². The number of amides is 1. The summed E-state index contributed by atoms with van der Waals surface area (Å²) in [6.07, 6.45) is 1.80. The molecule has 2 heterocycles. The number of hydrogen-bond donors (Lipinski definition) is 1. The van der Waals surface area contributed by atoms with Crippen LogP contribution in [0.25, 0.3) is 0 Å². The Morgan fingerprint density at radius 1 is 1.56 bits per heavy atom. The van der Waals surface area contributed by atoms with E-state index in [9.17, 15) is 4.79 Å². The zero-order valence-electron chi connectivity index (χ0n) is 9.11. The van der Waals surface area contributed by atoms with Gasteiger partial charge in [-0.2, -0.15) is 0 Å². The summed E-state index contributed by atoms with van der Waals surface area (Å²) in [6, 6.07) is 3.54. The molecule has 0 aliphatic rings. The molecule has 2 aromatic heterocycles. The van der Waals surface area contributed by atoms with Crippen molar-refractivity contribution in [3.8, 4) is 0 Å². The fourth-order valence-electron chi connectivity index (χ4n) is 1.26. The van der Waals surface area contributed by atoms with Crippen molar-refractivity contribution in [3.63, 3.8) is 0 Å². The molecule has 5 heteroatoms. The van der Waals surface area contributed by atoms with Gasteiger partial charge in [-0.1, -0.05) is 0 Å². The maximum absolute atomic E-state index is 11.6. The van der Waals surface area contributed by atoms with Crippen molar-refractivity contribution in [1.29, 1.82) is 0 Å². The highest BCUT2D eigenvalue weighted by Gasteiger charge is 2.09. The quantitative estimate of drug-likeness (QED) is 0.891. The van der Waals surface area contributed by atoms with Gasteiger partial charge in [0.05, 0.1) is 18.4 Å². The molecule has 2 rings (SSSR count). The largest absolute Gasteiger partial charge is 0.469 e. The first-order valence-electron chi connectivity index (χ1n) is 4.91. The number of aryl methyl sites for hydroxylation is 2. The Hall–Kier alpha value is -1.62. The summed E-state index contributed by atoms with van der Waals surface area (Å²) in [4.78, 5) is 17.0. The molecule has 4 nitrogen and oxygen atoms in total. The summed E-state index contributed by atoms with van der Waals surface area (Å²) < 4.78 is 5.09. The topological polar surface area (TPSA) is 55.1 Å². The van der Waals surface area contributed by atoms with Crippen LogP contribution in [-0.4, -0.2) is 10.9 Å². The van der Waals surface area contributed by atoms with Gasteiger partial charge < -0.3 is 9.73 Å². The molecule has 0 aliphatic carbocycles. The zero-order chi connectivity index (χ0) is 11.5. The number of nitrogens with one attached hydrogen (secondary N) is 1. The summed E-state index contributed by atoms with van der Waals surface area (Å²) in [5.41, 5.74) is 0.957. The number of carbonyl (C=O) groups is 1. The van der Waals surface area contributed by atoms with Crippen molar-refractivity contribution >= 4 is 22.4 Å². The Morgan fingerprint density at radius 3 is 2.94 bits per heavy atom. The average molecular weight is 236 g/mol. The molecule has 1 N–H and O–H groups in total. The third-order valence-electron chi connectivity index (χ3n) is 2.19. The third-order valence-corrected chi connectivity index (χ3v) is 3.18. The van der Waals surface area contributed by atoms with Crippen LogP contribution in [0.15, 0.2) is 22.8 Å². The second-order valence-corrected chi connectivity index (χ2v) is 4.67. The van der Waals surface area contributed by atoms with Crippen LogP contribution in [0.3, 0.4) is 0 Å². The molecule has 0 saturated carbocycles. The van der Waals surface area contributed by atoms with Gasteiger partial charge in [-0.3, -0.25) is 4.79 Å². The van der Waals surface area contributed by atoms with E-state index in [0.29, 0.717) is 10.9 Å². The summed E-state index contributed by atoms with van der Waals surface area (Å²) in [5, 5.41) is 3.40. The van der Waals surface area contributed by atoms with Crippen molar-refractivity contribution in [1.82, 2.24) is 4.98 Å². The summed E-state index contributed by atoms with van der Waals surface area (Å²) in [6.45, 7) is 3.91. The third kappa shape index (κ3) is 2.49. The van der Waals surface area contributed by atoms with E-state index in [0.717, 1.165) is 10.6 Å². The van der Waals surface area contributed by atoms with E-state index in [1.54, 1.807) is 18.4 Å². The van der Waals surface area contributed by atoms with Crippen LogP contribution in [0.5, 0.6) is 0 Å². The molecule has 0 aromatic carbocycles. The molecule has 0 atom stereocenters. The molecule has 1 amide bonds. The first kappa shape index (κ1) is 10.9. The van der Waals surface area contributed by atoms with Gasteiger partial charge in [0.2, 0.25) is 5.91 Å². The van der Waals surface area contributed by atoms with Crippen LogP contribution >= 0.6 is 11.3 Å². The van der Waals surface area contributed by atoms with E-state index >= 15 is 0 Å². The number of nitrogens with zero attached hydrogens (tertiary/aromatic N) is 1. The lowest BCUT2D eigenvalue weighted by atomic mass is 10.3. The van der Waals surface area contributed by atoms with Crippen LogP contribution < -0.4 is 5.32 Å². The molecule has 0 saturated heterocycles. The fraction of sp³-hybridized carbons (Fsp3) is 0.273. The second-order valence-electron chi connectivity index (χ2n) is 3.46. The summed E-state index contributed by atoms with van der Waals surface area (Å²) in [7, 11) is 0. The van der Waals surface area contributed by atoms with Crippen LogP contribution in [-0.2, 0) is 11.2 Å². The van der Waals surface area contributed by atoms with E-state index < -0.39 is 0 Å². The van der Waals surface area contributed by atoms with Crippen molar-refractivity contribution in [2.75, 3.05) is 5.32 Å². The van der Waals surface area contributed by atoms with Crippen molar-refractivity contribution in [2.24, 2.45) is 0 Å². The van der Waals surface area contributed by atoms with Crippen molar-refractivity contribution in [3.05, 3.63) is 34.7 Å². The SMILES string of the molecule is Cc1nc(NC(=O)Cc2ccco2)sc1C. The summed E-state index contributed by atoms with van der Waals surface area (Å²) >= 11 is 1.48. The first-order chi connectivity index (χ1) is 7.65. The number of thiazole rings is 1. The predicted octanol–water partition coefficient (Wildman–Crippen LogP) is 2.53. The Morgan fingerprint density at radius 2 is 2.38 bits per heavy atom. The van der Waals surface area contributed by atoms with Gasteiger partial charge in [-0.15, -0.1) is 11.3 Å². The van der Waals surface area contributed by atoms with Crippen LogP contribution in [0, 0.1) is 13.8 Å². The molecule has 0 unspecified atom stereocenters. The molecule has 0 aliphatic heterocycles. The monoisotopic (exact) mass is 236 g/mol. The number of anilines is 1. The lowest BCUT2D eigenvalue weighted by Gasteiger charge is -1.98. The van der Waals surface area contributed by atoms with Crippen molar-refractivity contribution in [2.45, 2.75) is 20.3 Å². The van der Waals surface area contributed by atoms with Gasteiger partial charge in [0.15, 0.2) is 5.13 Å². The Kier molecular flexibility index (Phi) is 3.05. The van der Waals surface area contributed by atoms with Gasteiger partial charge in [-0.25, -0.2) is 4.98 Å². The fourth-order valence-corrected chi connectivity index (χ4v) is 2.09. The van der Waals surface area contributed by atoms with E-state index in [1.807, 2.05) is 13.8 Å². The molecule has 0 bridgehead atoms. The Labute approximate surface area is 97.3 Å². The smallest absolute Gasteiger partial charge is 0.233 e. The highest BCUT2D eigenvalue weighted by molar-refractivity contribution is 7.15. The Bertz CT molecular complexity index is 469.